The van der Waals surface area contributed by atoms with Gasteiger partial charge in [0.25, 0.3) is 5.66 Å². The molecule has 2 N–H and O–H groups in total. The average molecular weight is 296 g/mol. The maximum absolute atomic E-state index is 13.4. The van der Waals surface area contributed by atoms with E-state index in [0.717, 1.165) is 0 Å². The lowest BCUT2D eigenvalue weighted by atomic mass is 9.98. The Labute approximate surface area is 118 Å². The number of Topliss-reactive ketones (excluding diaryl/α,β-unsaturated/α-hetero) is 1. The van der Waals surface area contributed by atoms with Gasteiger partial charge < -0.3 is 10.6 Å². The van der Waals surface area contributed by atoms with Crippen molar-refractivity contribution in [2.75, 3.05) is 5.32 Å². The summed E-state index contributed by atoms with van der Waals surface area (Å²) in [5, 5.41) is 12.9. The highest BCUT2D eigenvalue weighted by Crippen LogP contribution is 2.40. The summed E-state index contributed by atoms with van der Waals surface area (Å²) in [6.07, 6.45) is -3.67. The Hall–Kier alpha value is -2.56. The molecule has 1 fully saturated rings. The second kappa shape index (κ2) is 4.77. The van der Waals surface area contributed by atoms with E-state index in [1.807, 2.05) is 5.32 Å². The van der Waals surface area contributed by atoms with Gasteiger partial charge in [-0.3, -0.25) is 4.79 Å². The van der Waals surface area contributed by atoms with Crippen LogP contribution in [0.1, 0.15) is 5.56 Å². The molecule has 0 radical (unpaired) electrons. The molecule has 1 saturated heterocycles. The van der Waals surface area contributed by atoms with Gasteiger partial charge in [0.15, 0.2) is 0 Å². The van der Waals surface area contributed by atoms with Crippen molar-refractivity contribution in [1.29, 1.82) is 5.26 Å². The summed E-state index contributed by atoms with van der Waals surface area (Å²) in [4.78, 5) is 15.9. The van der Waals surface area contributed by atoms with Crippen LogP contribution in [-0.4, -0.2) is 22.6 Å². The zero-order valence-corrected chi connectivity index (χ0v) is 11.0. The minimum absolute atomic E-state index is 0.0953. The van der Waals surface area contributed by atoms with Crippen LogP contribution in [0.2, 0.25) is 0 Å². The minimum Gasteiger partial charge on any atom is -0.351 e. The fourth-order valence-electron chi connectivity index (χ4n) is 2.05. The van der Waals surface area contributed by atoms with Crippen molar-refractivity contribution < 1.29 is 18.0 Å². The quantitative estimate of drug-likeness (QED) is 0.871. The van der Waals surface area contributed by atoms with Crippen LogP contribution >= 0.6 is 0 Å². The highest BCUT2D eigenvalue weighted by molar-refractivity contribution is 6.00. The number of pyridine rings is 1. The molecule has 110 valence electrons. The lowest BCUT2D eigenvalue weighted by Crippen LogP contribution is -2.63. The Morgan fingerprint density at radius 1 is 1.57 bits per heavy atom. The maximum Gasteiger partial charge on any atom is 0.437 e. The van der Waals surface area contributed by atoms with E-state index in [9.17, 15) is 18.0 Å². The van der Waals surface area contributed by atoms with Crippen LogP contribution in [-0.2, 0) is 4.79 Å². The zero-order valence-electron chi connectivity index (χ0n) is 11.0. The number of hydrogen-bond donors (Lipinski definition) is 2. The van der Waals surface area contributed by atoms with Gasteiger partial charge in [-0.2, -0.15) is 18.4 Å². The first-order valence-electron chi connectivity index (χ1n) is 5.90. The first kappa shape index (κ1) is 14.8. The topological polar surface area (TPSA) is 77.8 Å². The third-order valence-electron chi connectivity index (χ3n) is 3.20. The SMILES string of the molecule is C=C1NC(Nc2ncccc2C)(C(F)(F)F)C(=O)C1C#N. The summed E-state index contributed by atoms with van der Waals surface area (Å²) in [5.74, 6) is -3.00. The summed E-state index contributed by atoms with van der Waals surface area (Å²) in [7, 11) is 0. The van der Waals surface area contributed by atoms with Crippen molar-refractivity contribution in [3.8, 4) is 6.07 Å². The molecule has 2 atom stereocenters. The van der Waals surface area contributed by atoms with Gasteiger partial charge in [0.1, 0.15) is 11.7 Å². The van der Waals surface area contributed by atoms with Gasteiger partial charge in [0.05, 0.1) is 6.07 Å². The van der Waals surface area contributed by atoms with Crippen LogP contribution in [0.15, 0.2) is 30.6 Å². The van der Waals surface area contributed by atoms with Gasteiger partial charge in [-0.05, 0) is 18.6 Å². The van der Waals surface area contributed by atoms with Gasteiger partial charge in [-0.25, -0.2) is 4.98 Å². The van der Waals surface area contributed by atoms with Crippen LogP contribution in [0.25, 0.3) is 0 Å². The number of hydrogen-bond acceptors (Lipinski definition) is 5. The molecule has 1 aromatic rings. The van der Waals surface area contributed by atoms with E-state index in [4.69, 9.17) is 5.26 Å². The van der Waals surface area contributed by atoms with E-state index in [1.54, 1.807) is 19.1 Å². The van der Waals surface area contributed by atoms with Crippen LogP contribution in [0.3, 0.4) is 0 Å². The molecule has 8 heteroatoms. The van der Waals surface area contributed by atoms with Crippen molar-refractivity contribution in [1.82, 2.24) is 10.3 Å². The Balaban J connectivity index is 2.52. The Bertz CT molecular complexity index is 650. The molecule has 2 rings (SSSR count). The fourth-order valence-corrected chi connectivity index (χ4v) is 2.05. The Morgan fingerprint density at radius 3 is 2.71 bits per heavy atom. The molecule has 0 spiro atoms. The second-order valence-corrected chi connectivity index (χ2v) is 4.62. The van der Waals surface area contributed by atoms with E-state index >= 15 is 0 Å². The van der Waals surface area contributed by atoms with Crippen molar-refractivity contribution in [3.05, 3.63) is 36.2 Å². The molecule has 0 aromatic carbocycles. The molecule has 2 unspecified atom stereocenters. The molecule has 0 saturated carbocycles. The van der Waals surface area contributed by atoms with Crippen LogP contribution in [0, 0.1) is 24.2 Å². The third kappa shape index (κ3) is 2.20. The molecule has 0 bridgehead atoms. The number of aryl methyl sites for hydroxylation is 1. The van der Waals surface area contributed by atoms with Crippen molar-refractivity contribution in [2.45, 2.75) is 18.8 Å². The van der Waals surface area contributed by atoms with E-state index < -0.39 is 23.5 Å². The largest absolute Gasteiger partial charge is 0.437 e. The minimum atomic E-state index is -4.97. The standard InChI is InChI=1S/C13H11F3N4O/c1-7-4-3-5-18-11(7)20-12(13(14,15)16)10(21)9(6-17)8(2)19-12/h3-5,9,19H,2H2,1H3,(H,18,20). The Kier molecular flexibility index (Phi) is 3.37. The van der Waals surface area contributed by atoms with Gasteiger partial charge >= 0.3 is 6.18 Å². The van der Waals surface area contributed by atoms with Gasteiger partial charge in [0.2, 0.25) is 5.78 Å². The molecule has 0 aliphatic carbocycles. The highest BCUT2D eigenvalue weighted by Gasteiger charge is 2.67. The number of rotatable bonds is 2. The normalized spacial score (nSPS) is 25.4. The second-order valence-electron chi connectivity index (χ2n) is 4.62. The molecule has 1 aliphatic rings. The fraction of sp³-hybridized carbons (Fsp3) is 0.308. The van der Waals surface area contributed by atoms with Crippen molar-refractivity contribution >= 4 is 11.6 Å². The lowest BCUT2D eigenvalue weighted by Gasteiger charge is -2.32. The van der Waals surface area contributed by atoms with E-state index in [-0.39, 0.29) is 11.5 Å². The van der Waals surface area contributed by atoms with Crippen molar-refractivity contribution in [3.63, 3.8) is 0 Å². The average Bonchev–Trinajstić information content (AvgIpc) is 2.64. The van der Waals surface area contributed by atoms with Crippen LogP contribution in [0.4, 0.5) is 19.0 Å². The molecular weight excluding hydrogens is 285 g/mol. The first-order valence-corrected chi connectivity index (χ1v) is 5.90. The number of nitrogens with zero attached hydrogens (tertiary/aromatic N) is 2. The summed E-state index contributed by atoms with van der Waals surface area (Å²) < 4.78 is 40.3. The van der Waals surface area contributed by atoms with Gasteiger partial charge in [0, 0.05) is 11.9 Å². The number of anilines is 1. The lowest BCUT2D eigenvalue weighted by molar-refractivity contribution is -0.186. The number of carbonyl (C=O) groups is 1. The molecule has 1 aliphatic heterocycles. The molecule has 2 heterocycles. The first-order chi connectivity index (χ1) is 9.73. The predicted molar refractivity (Wildman–Crippen MR) is 67.8 cm³/mol. The smallest absolute Gasteiger partial charge is 0.351 e. The maximum atomic E-state index is 13.4. The highest BCUT2D eigenvalue weighted by atomic mass is 19.4. The van der Waals surface area contributed by atoms with Crippen LogP contribution < -0.4 is 10.6 Å². The summed E-state index contributed by atoms with van der Waals surface area (Å²) >= 11 is 0. The number of allylic oxidation sites excluding steroid dienone is 1. The molecular formula is C13H11F3N4O. The van der Waals surface area contributed by atoms with E-state index in [0.29, 0.717) is 5.56 Å². The number of alkyl halides is 3. The monoisotopic (exact) mass is 296 g/mol. The molecule has 5 nitrogen and oxygen atoms in total. The summed E-state index contributed by atoms with van der Waals surface area (Å²) in [6.45, 7) is 4.87. The van der Waals surface area contributed by atoms with Crippen LogP contribution in [0.5, 0.6) is 0 Å². The predicted octanol–water partition coefficient (Wildman–Crippen LogP) is 1.89. The number of carbonyl (C=O) groups excluding carboxylic acids is 1. The molecule has 1 aromatic heterocycles. The van der Waals surface area contributed by atoms with Crippen molar-refractivity contribution in [2.24, 2.45) is 5.92 Å². The molecule has 0 amide bonds. The third-order valence-corrected chi connectivity index (χ3v) is 3.20. The number of halogens is 3. The summed E-state index contributed by atoms with van der Waals surface area (Å²) in [6, 6.07) is 4.63. The Morgan fingerprint density at radius 2 is 2.24 bits per heavy atom. The number of nitrogens with one attached hydrogen (secondary N) is 2. The summed E-state index contributed by atoms with van der Waals surface area (Å²) in [5.41, 5.74) is -2.95. The number of nitriles is 1. The zero-order chi connectivity index (χ0) is 15.8. The number of ketones is 1. The van der Waals surface area contributed by atoms with Gasteiger partial charge in [-0.15, -0.1) is 0 Å². The number of aromatic nitrogens is 1. The molecule has 21 heavy (non-hydrogen) atoms. The van der Waals surface area contributed by atoms with E-state index in [1.165, 1.54) is 12.3 Å². The van der Waals surface area contributed by atoms with Gasteiger partial charge in [-0.1, -0.05) is 12.6 Å². The van der Waals surface area contributed by atoms with E-state index in [2.05, 4.69) is 16.9 Å².